The van der Waals surface area contributed by atoms with Crippen molar-refractivity contribution in [2.24, 2.45) is 5.73 Å². The third-order valence-corrected chi connectivity index (χ3v) is 3.36. The predicted octanol–water partition coefficient (Wildman–Crippen LogP) is 1.75. The number of thioether (sulfide) groups is 1. The van der Waals surface area contributed by atoms with Crippen LogP contribution in [0.25, 0.3) is 0 Å². The van der Waals surface area contributed by atoms with Gasteiger partial charge in [0.15, 0.2) is 0 Å². The maximum atomic E-state index is 13.7. The number of benzene rings is 1. The van der Waals surface area contributed by atoms with E-state index in [1.807, 2.05) is 6.92 Å². The van der Waals surface area contributed by atoms with Gasteiger partial charge in [0.25, 0.3) is 0 Å². The van der Waals surface area contributed by atoms with Crippen molar-refractivity contribution >= 4 is 11.8 Å². The molecule has 0 saturated carbocycles. The molecule has 0 aliphatic heterocycles. The molecule has 92 valence electrons. The minimum atomic E-state index is -0.258. The van der Waals surface area contributed by atoms with Crippen LogP contribution in [-0.4, -0.2) is 23.5 Å². The Balaban J connectivity index is 2.69. The largest absolute Gasteiger partial charge is 0.395 e. The summed E-state index contributed by atoms with van der Waals surface area (Å²) in [5.41, 5.74) is 6.52. The zero-order valence-electron chi connectivity index (χ0n) is 9.74. The van der Waals surface area contributed by atoms with E-state index >= 15 is 0 Å². The van der Waals surface area contributed by atoms with Crippen LogP contribution in [-0.2, 0) is 5.75 Å². The molecule has 0 aliphatic rings. The molecule has 1 atom stereocenters. The second kappa shape index (κ2) is 7.33. The fraction of sp³-hybridized carbons (Fsp3) is 0.385. The lowest BCUT2D eigenvalue weighted by Gasteiger charge is -2.08. The minimum absolute atomic E-state index is 0.104. The Morgan fingerprint density at radius 3 is 2.88 bits per heavy atom. The molecule has 1 aromatic carbocycles. The first-order chi connectivity index (χ1) is 8.17. The second-order valence-electron chi connectivity index (χ2n) is 3.62. The Labute approximate surface area is 105 Å². The van der Waals surface area contributed by atoms with E-state index in [1.165, 1.54) is 17.8 Å². The van der Waals surface area contributed by atoms with Crippen LogP contribution in [0.2, 0.25) is 0 Å². The lowest BCUT2D eigenvalue weighted by atomic mass is 10.1. The SMILES string of the molecule is CC(CO)SCc1ccc(C#CCN)cc1F. The van der Waals surface area contributed by atoms with E-state index in [2.05, 4.69) is 11.8 Å². The van der Waals surface area contributed by atoms with Crippen molar-refractivity contribution in [2.75, 3.05) is 13.2 Å². The fourth-order valence-electron chi connectivity index (χ4n) is 1.18. The Hall–Kier alpha value is -1.02. The zero-order valence-corrected chi connectivity index (χ0v) is 10.6. The van der Waals surface area contributed by atoms with Crippen molar-refractivity contribution in [3.63, 3.8) is 0 Å². The van der Waals surface area contributed by atoms with Crippen molar-refractivity contribution in [3.8, 4) is 11.8 Å². The lowest BCUT2D eigenvalue weighted by Crippen LogP contribution is -2.03. The van der Waals surface area contributed by atoms with Crippen LogP contribution >= 0.6 is 11.8 Å². The van der Waals surface area contributed by atoms with E-state index in [0.29, 0.717) is 16.9 Å². The normalized spacial score (nSPS) is 11.8. The summed E-state index contributed by atoms with van der Waals surface area (Å²) in [6.45, 7) is 2.28. The summed E-state index contributed by atoms with van der Waals surface area (Å²) in [7, 11) is 0. The fourth-order valence-corrected chi connectivity index (χ4v) is 1.98. The van der Waals surface area contributed by atoms with Gasteiger partial charge in [-0.3, -0.25) is 0 Å². The van der Waals surface area contributed by atoms with E-state index in [-0.39, 0.29) is 24.2 Å². The summed E-state index contributed by atoms with van der Waals surface area (Å²) in [5.74, 6) is 5.77. The standard InChI is InChI=1S/C13H16FNOS/c1-10(8-16)17-9-12-5-4-11(3-2-6-15)7-13(12)14/h4-5,7,10,16H,6,8-9,15H2,1H3. The highest BCUT2D eigenvalue weighted by atomic mass is 32.2. The topological polar surface area (TPSA) is 46.2 Å². The molecular formula is C13H16FNOS. The Kier molecular flexibility index (Phi) is 6.06. The molecule has 2 nitrogen and oxygen atoms in total. The molecule has 0 aromatic heterocycles. The lowest BCUT2D eigenvalue weighted by molar-refractivity contribution is 0.300. The molecule has 0 fully saturated rings. The van der Waals surface area contributed by atoms with E-state index in [1.54, 1.807) is 12.1 Å². The van der Waals surface area contributed by atoms with E-state index in [4.69, 9.17) is 10.8 Å². The number of aliphatic hydroxyl groups is 1. The van der Waals surface area contributed by atoms with Gasteiger partial charge in [-0.15, -0.1) is 0 Å². The number of rotatable bonds is 4. The molecular weight excluding hydrogens is 237 g/mol. The molecule has 0 bridgehead atoms. The third kappa shape index (κ3) is 4.78. The summed E-state index contributed by atoms with van der Waals surface area (Å²) in [6, 6.07) is 4.93. The van der Waals surface area contributed by atoms with Gasteiger partial charge >= 0.3 is 0 Å². The molecule has 3 N–H and O–H groups in total. The summed E-state index contributed by atoms with van der Waals surface area (Å²) in [4.78, 5) is 0. The van der Waals surface area contributed by atoms with Gasteiger partial charge in [-0.2, -0.15) is 11.8 Å². The van der Waals surface area contributed by atoms with Crippen molar-refractivity contribution < 1.29 is 9.50 Å². The van der Waals surface area contributed by atoms with E-state index in [0.717, 1.165) is 0 Å². The summed E-state index contributed by atoms with van der Waals surface area (Å²) in [5, 5.41) is 9.00. The Morgan fingerprint density at radius 1 is 1.53 bits per heavy atom. The van der Waals surface area contributed by atoms with Crippen molar-refractivity contribution in [3.05, 3.63) is 35.1 Å². The molecule has 0 radical (unpaired) electrons. The highest BCUT2D eigenvalue weighted by molar-refractivity contribution is 7.99. The molecule has 4 heteroatoms. The summed E-state index contributed by atoms with van der Waals surface area (Å²) < 4.78 is 13.7. The van der Waals surface area contributed by atoms with E-state index < -0.39 is 0 Å². The maximum absolute atomic E-state index is 13.7. The molecule has 0 amide bonds. The number of aliphatic hydroxyl groups excluding tert-OH is 1. The smallest absolute Gasteiger partial charge is 0.128 e. The summed E-state index contributed by atoms with van der Waals surface area (Å²) in [6.07, 6.45) is 0. The predicted molar refractivity (Wildman–Crippen MR) is 70.2 cm³/mol. The average molecular weight is 253 g/mol. The molecule has 0 heterocycles. The molecule has 0 saturated heterocycles. The van der Waals surface area contributed by atoms with Gasteiger partial charge in [-0.25, -0.2) is 4.39 Å². The monoisotopic (exact) mass is 253 g/mol. The molecule has 1 aromatic rings. The van der Waals surface area contributed by atoms with Crippen LogP contribution in [0.15, 0.2) is 18.2 Å². The van der Waals surface area contributed by atoms with Gasteiger partial charge < -0.3 is 10.8 Å². The van der Waals surface area contributed by atoms with Crippen molar-refractivity contribution in [1.82, 2.24) is 0 Å². The first-order valence-corrected chi connectivity index (χ1v) is 6.42. The van der Waals surface area contributed by atoms with Crippen molar-refractivity contribution in [2.45, 2.75) is 17.9 Å². The van der Waals surface area contributed by atoms with Crippen LogP contribution < -0.4 is 5.73 Å². The molecule has 0 aliphatic carbocycles. The van der Waals surface area contributed by atoms with Crippen molar-refractivity contribution in [1.29, 1.82) is 0 Å². The highest BCUT2D eigenvalue weighted by Gasteiger charge is 2.06. The van der Waals surface area contributed by atoms with E-state index in [9.17, 15) is 4.39 Å². The van der Waals surface area contributed by atoms with Gasteiger partial charge in [0.05, 0.1) is 13.2 Å². The number of halogens is 1. The van der Waals surface area contributed by atoms with Gasteiger partial charge in [0.1, 0.15) is 5.82 Å². The Morgan fingerprint density at radius 2 is 2.29 bits per heavy atom. The third-order valence-electron chi connectivity index (χ3n) is 2.17. The number of hydrogen-bond donors (Lipinski definition) is 2. The Bertz CT molecular complexity index is 425. The number of hydrogen-bond acceptors (Lipinski definition) is 3. The summed E-state index contributed by atoms with van der Waals surface area (Å²) >= 11 is 1.52. The van der Waals surface area contributed by atoms with Crippen LogP contribution in [0.4, 0.5) is 4.39 Å². The van der Waals surface area contributed by atoms with Crippen LogP contribution in [0.5, 0.6) is 0 Å². The average Bonchev–Trinajstić information content (AvgIpc) is 2.34. The molecule has 17 heavy (non-hydrogen) atoms. The van der Waals surface area contributed by atoms with Gasteiger partial charge in [-0.1, -0.05) is 24.8 Å². The number of nitrogens with two attached hydrogens (primary N) is 1. The van der Waals surface area contributed by atoms with Gasteiger partial charge in [0, 0.05) is 16.6 Å². The van der Waals surface area contributed by atoms with Crippen LogP contribution in [0.1, 0.15) is 18.1 Å². The first kappa shape index (κ1) is 14.0. The highest BCUT2D eigenvalue weighted by Crippen LogP contribution is 2.20. The molecule has 1 unspecified atom stereocenters. The molecule has 0 spiro atoms. The second-order valence-corrected chi connectivity index (χ2v) is 5.04. The van der Waals surface area contributed by atoms with Gasteiger partial charge in [-0.05, 0) is 17.7 Å². The maximum Gasteiger partial charge on any atom is 0.128 e. The van der Waals surface area contributed by atoms with Crippen LogP contribution in [0.3, 0.4) is 0 Å². The minimum Gasteiger partial charge on any atom is -0.395 e. The quantitative estimate of drug-likeness (QED) is 0.804. The van der Waals surface area contributed by atoms with Crippen LogP contribution in [0, 0.1) is 17.7 Å². The first-order valence-electron chi connectivity index (χ1n) is 5.37. The molecule has 1 rings (SSSR count). The van der Waals surface area contributed by atoms with Gasteiger partial charge in [0.2, 0.25) is 0 Å². The zero-order chi connectivity index (χ0) is 12.7.